The Morgan fingerprint density at radius 3 is 2.20 bits per heavy atom. The van der Waals surface area contributed by atoms with E-state index < -0.39 is 0 Å². The van der Waals surface area contributed by atoms with Crippen LogP contribution < -0.4 is 10.6 Å². The highest BCUT2D eigenvalue weighted by Crippen LogP contribution is 2.27. The van der Waals surface area contributed by atoms with Crippen molar-refractivity contribution in [2.24, 2.45) is 0 Å². The lowest BCUT2D eigenvalue weighted by Gasteiger charge is -2.20. The summed E-state index contributed by atoms with van der Waals surface area (Å²) in [6.07, 6.45) is 8.67. The van der Waals surface area contributed by atoms with Gasteiger partial charge in [0.05, 0.1) is 0 Å². The number of amides is 2. The van der Waals surface area contributed by atoms with E-state index in [1.54, 1.807) is 0 Å². The van der Waals surface area contributed by atoms with Crippen molar-refractivity contribution in [2.45, 2.75) is 90.0 Å². The molecule has 1 aliphatic carbocycles. The third-order valence-electron chi connectivity index (χ3n) is 4.36. The van der Waals surface area contributed by atoms with Crippen molar-refractivity contribution >= 4 is 28.3 Å². The fraction of sp³-hybridized carbons (Fsp3) is 0.778. The molecule has 2 N–H and O–H groups in total. The van der Waals surface area contributed by atoms with E-state index in [0.29, 0.717) is 5.13 Å². The number of nitrogens with zero attached hydrogens (tertiary/aromatic N) is 2. The van der Waals surface area contributed by atoms with Gasteiger partial charge in [0.2, 0.25) is 16.9 Å². The van der Waals surface area contributed by atoms with Crippen molar-refractivity contribution in [1.29, 1.82) is 0 Å². The van der Waals surface area contributed by atoms with Gasteiger partial charge >= 0.3 is 0 Å². The normalized spacial score (nSPS) is 16.8. The summed E-state index contributed by atoms with van der Waals surface area (Å²) in [7, 11) is 0. The highest BCUT2D eigenvalue weighted by Gasteiger charge is 2.20. The summed E-state index contributed by atoms with van der Waals surface area (Å²) in [4.78, 5) is 24.1. The molecule has 1 fully saturated rings. The predicted molar refractivity (Wildman–Crippen MR) is 101 cm³/mol. The quantitative estimate of drug-likeness (QED) is 0.830. The summed E-state index contributed by atoms with van der Waals surface area (Å²) in [5.41, 5.74) is -0.0852. The lowest BCUT2D eigenvalue weighted by Crippen LogP contribution is -2.35. The molecule has 1 aromatic rings. The summed E-state index contributed by atoms with van der Waals surface area (Å²) in [5.74, 6) is -0.224. The monoisotopic (exact) mass is 366 g/mol. The molecule has 0 saturated heterocycles. The number of hydrogen-bond acceptors (Lipinski definition) is 5. The SMILES string of the molecule is CC(C)(C)c1nnc(NC(=O)CCC(=O)NC2CCCCCCC2)s1. The van der Waals surface area contributed by atoms with E-state index >= 15 is 0 Å². The highest BCUT2D eigenvalue weighted by molar-refractivity contribution is 7.15. The zero-order valence-corrected chi connectivity index (χ0v) is 16.4. The number of anilines is 1. The lowest BCUT2D eigenvalue weighted by atomic mass is 9.96. The number of carbonyl (C=O) groups is 2. The zero-order chi connectivity index (χ0) is 18.3. The van der Waals surface area contributed by atoms with Crippen LogP contribution in [0.25, 0.3) is 0 Å². The van der Waals surface area contributed by atoms with Crippen LogP contribution in [-0.4, -0.2) is 28.1 Å². The molecule has 1 aromatic heterocycles. The summed E-state index contributed by atoms with van der Waals surface area (Å²) in [6.45, 7) is 6.16. The summed E-state index contributed by atoms with van der Waals surface area (Å²) >= 11 is 1.38. The van der Waals surface area contributed by atoms with Gasteiger partial charge in [0.15, 0.2) is 0 Å². The molecular weight excluding hydrogens is 336 g/mol. The van der Waals surface area contributed by atoms with Crippen LogP contribution in [0.2, 0.25) is 0 Å². The van der Waals surface area contributed by atoms with E-state index in [4.69, 9.17) is 0 Å². The van der Waals surface area contributed by atoms with Crippen LogP contribution in [-0.2, 0) is 15.0 Å². The molecule has 0 spiro atoms. The molecule has 0 unspecified atom stereocenters. The van der Waals surface area contributed by atoms with Gasteiger partial charge in [-0.2, -0.15) is 0 Å². The van der Waals surface area contributed by atoms with Crippen molar-refractivity contribution in [1.82, 2.24) is 15.5 Å². The second-order valence-corrected chi connectivity index (χ2v) is 8.80. The Morgan fingerprint density at radius 1 is 1.00 bits per heavy atom. The van der Waals surface area contributed by atoms with Crippen LogP contribution in [0.5, 0.6) is 0 Å². The molecule has 1 heterocycles. The van der Waals surface area contributed by atoms with E-state index in [1.165, 1.54) is 43.4 Å². The van der Waals surface area contributed by atoms with Crippen molar-refractivity contribution in [2.75, 3.05) is 5.32 Å². The molecule has 2 amide bonds. The number of hydrogen-bond donors (Lipinski definition) is 2. The molecule has 6 nitrogen and oxygen atoms in total. The Bertz CT molecular complexity index is 572. The smallest absolute Gasteiger partial charge is 0.226 e. The summed E-state index contributed by atoms with van der Waals surface area (Å²) in [5, 5.41) is 15.3. The standard InChI is InChI=1S/C18H30N4O2S/c1-18(2,3)16-21-22-17(25-16)20-15(24)12-11-14(23)19-13-9-7-5-4-6-8-10-13/h13H,4-12H2,1-3H3,(H,19,23)(H,20,22,24). The molecule has 2 rings (SSSR count). The van der Waals surface area contributed by atoms with E-state index in [0.717, 1.165) is 17.8 Å². The fourth-order valence-electron chi connectivity index (χ4n) is 2.89. The topological polar surface area (TPSA) is 84.0 Å². The number of carbonyl (C=O) groups excluding carboxylic acids is 2. The molecule has 25 heavy (non-hydrogen) atoms. The molecule has 140 valence electrons. The third kappa shape index (κ3) is 7.10. The Balaban J connectivity index is 1.71. The molecule has 0 bridgehead atoms. The fourth-order valence-corrected chi connectivity index (χ4v) is 3.70. The van der Waals surface area contributed by atoms with Crippen molar-refractivity contribution in [3.05, 3.63) is 5.01 Å². The molecular formula is C18H30N4O2S. The van der Waals surface area contributed by atoms with Crippen LogP contribution in [0.4, 0.5) is 5.13 Å². The highest BCUT2D eigenvalue weighted by atomic mass is 32.1. The van der Waals surface area contributed by atoms with Gasteiger partial charge in [-0.15, -0.1) is 10.2 Å². The van der Waals surface area contributed by atoms with Crippen molar-refractivity contribution < 1.29 is 9.59 Å². The summed E-state index contributed by atoms with van der Waals surface area (Å²) < 4.78 is 0. The van der Waals surface area contributed by atoms with Crippen LogP contribution in [0, 0.1) is 0 Å². The second-order valence-electron chi connectivity index (χ2n) is 7.82. The number of aromatic nitrogens is 2. The molecule has 7 heteroatoms. The van der Waals surface area contributed by atoms with E-state index in [1.807, 2.05) is 0 Å². The van der Waals surface area contributed by atoms with Gasteiger partial charge in [-0.1, -0.05) is 64.2 Å². The van der Waals surface area contributed by atoms with Crippen LogP contribution in [0.3, 0.4) is 0 Å². The first kappa shape index (κ1) is 19.8. The minimum absolute atomic E-state index is 0.0339. The number of rotatable bonds is 5. The maximum absolute atomic E-state index is 12.1. The first-order valence-corrected chi connectivity index (χ1v) is 10.1. The summed E-state index contributed by atoms with van der Waals surface area (Å²) in [6, 6.07) is 0.272. The molecule has 0 radical (unpaired) electrons. The minimum Gasteiger partial charge on any atom is -0.353 e. The van der Waals surface area contributed by atoms with Gasteiger partial charge in [0.25, 0.3) is 0 Å². The largest absolute Gasteiger partial charge is 0.353 e. The van der Waals surface area contributed by atoms with Gasteiger partial charge < -0.3 is 10.6 Å². The van der Waals surface area contributed by atoms with Gasteiger partial charge in [-0.25, -0.2) is 0 Å². The van der Waals surface area contributed by atoms with Crippen molar-refractivity contribution in [3.8, 4) is 0 Å². The second kappa shape index (κ2) is 9.27. The molecule has 0 atom stereocenters. The maximum atomic E-state index is 12.1. The average molecular weight is 367 g/mol. The molecule has 1 saturated carbocycles. The molecule has 1 aliphatic rings. The van der Waals surface area contributed by atoms with E-state index in [2.05, 4.69) is 41.6 Å². The van der Waals surface area contributed by atoms with Crippen molar-refractivity contribution in [3.63, 3.8) is 0 Å². The van der Waals surface area contributed by atoms with Crippen LogP contribution in [0.15, 0.2) is 0 Å². The maximum Gasteiger partial charge on any atom is 0.226 e. The Kier molecular flexibility index (Phi) is 7.35. The van der Waals surface area contributed by atoms with Crippen LogP contribution in [0.1, 0.15) is 83.6 Å². The first-order valence-electron chi connectivity index (χ1n) is 9.28. The van der Waals surface area contributed by atoms with E-state index in [9.17, 15) is 9.59 Å². The number of nitrogens with one attached hydrogen (secondary N) is 2. The lowest BCUT2D eigenvalue weighted by molar-refractivity contribution is -0.125. The van der Waals surface area contributed by atoms with Gasteiger partial charge in [0.1, 0.15) is 5.01 Å². The third-order valence-corrected chi connectivity index (χ3v) is 5.63. The van der Waals surface area contributed by atoms with Crippen LogP contribution >= 0.6 is 11.3 Å². The Morgan fingerprint density at radius 2 is 1.60 bits per heavy atom. The Labute approximate surface area is 154 Å². The van der Waals surface area contributed by atoms with Gasteiger partial charge in [-0.3, -0.25) is 9.59 Å². The Hall–Kier alpha value is -1.50. The van der Waals surface area contributed by atoms with Gasteiger partial charge in [-0.05, 0) is 12.8 Å². The van der Waals surface area contributed by atoms with Gasteiger partial charge in [0, 0.05) is 24.3 Å². The minimum atomic E-state index is -0.190. The predicted octanol–water partition coefficient (Wildman–Crippen LogP) is 3.78. The average Bonchev–Trinajstić information content (AvgIpc) is 2.96. The molecule has 0 aromatic carbocycles. The first-order chi connectivity index (χ1) is 11.8. The zero-order valence-electron chi connectivity index (χ0n) is 15.6. The van der Waals surface area contributed by atoms with E-state index in [-0.39, 0.29) is 36.1 Å². The molecule has 0 aliphatic heterocycles.